The Morgan fingerprint density at radius 1 is 1.07 bits per heavy atom. The van der Waals surface area contributed by atoms with E-state index in [9.17, 15) is 18.0 Å². The molecule has 144 valence electrons. The van der Waals surface area contributed by atoms with Crippen molar-refractivity contribution >= 4 is 50.8 Å². The molecule has 2 aromatic carbocycles. The summed E-state index contributed by atoms with van der Waals surface area (Å²) in [5.41, 5.74) is 0.0630. The summed E-state index contributed by atoms with van der Waals surface area (Å²) < 4.78 is 31.0. The van der Waals surface area contributed by atoms with Crippen molar-refractivity contribution in [2.75, 3.05) is 26.0 Å². The molecule has 2 rings (SSSR count). The second-order valence-corrected chi connectivity index (χ2v) is 8.22. The third-order valence-corrected chi connectivity index (χ3v) is 6.07. The molecule has 0 unspecified atom stereocenters. The van der Waals surface area contributed by atoms with Crippen molar-refractivity contribution in [3.05, 3.63) is 58.1 Å². The molecule has 0 aromatic heterocycles. The van der Waals surface area contributed by atoms with Crippen LogP contribution in [0, 0.1) is 0 Å². The molecule has 0 atom stereocenters. The molecule has 1 N–H and O–H groups in total. The highest BCUT2D eigenvalue weighted by atomic mass is 35.5. The number of nitrogens with zero attached hydrogens (tertiary/aromatic N) is 1. The Morgan fingerprint density at radius 2 is 1.67 bits per heavy atom. The molecule has 0 aliphatic heterocycles. The molecule has 0 aliphatic carbocycles. The number of nitrogens with one attached hydrogen (secondary N) is 1. The lowest BCUT2D eigenvalue weighted by molar-refractivity contribution is -0.116. The summed E-state index contributed by atoms with van der Waals surface area (Å²) in [6.45, 7) is -0.514. The van der Waals surface area contributed by atoms with Gasteiger partial charge in [-0.25, -0.2) is 13.2 Å². The van der Waals surface area contributed by atoms with Gasteiger partial charge in [0.25, 0.3) is 0 Å². The summed E-state index contributed by atoms with van der Waals surface area (Å²) in [6, 6.07) is 10.3. The second kappa shape index (κ2) is 8.71. The van der Waals surface area contributed by atoms with E-state index in [1.165, 1.54) is 43.4 Å². The van der Waals surface area contributed by atoms with Gasteiger partial charge in [0, 0.05) is 7.05 Å². The molecule has 10 heteroatoms. The van der Waals surface area contributed by atoms with Gasteiger partial charge in [0.2, 0.25) is 15.9 Å². The molecular weight excluding hydrogens is 415 g/mol. The number of sulfonamides is 1. The van der Waals surface area contributed by atoms with Crippen LogP contribution in [0.25, 0.3) is 0 Å². The van der Waals surface area contributed by atoms with Crippen LogP contribution < -0.4 is 5.32 Å². The Kier molecular flexibility index (Phi) is 6.83. The lowest BCUT2D eigenvalue weighted by Gasteiger charge is -2.19. The van der Waals surface area contributed by atoms with Crippen molar-refractivity contribution in [3.8, 4) is 0 Å². The third kappa shape index (κ3) is 4.78. The predicted molar refractivity (Wildman–Crippen MR) is 103 cm³/mol. The largest absolute Gasteiger partial charge is 0.465 e. The van der Waals surface area contributed by atoms with Crippen LogP contribution in [0.4, 0.5) is 5.69 Å². The van der Waals surface area contributed by atoms with Crippen molar-refractivity contribution < 1.29 is 22.7 Å². The van der Waals surface area contributed by atoms with Gasteiger partial charge in [-0.2, -0.15) is 4.31 Å². The topological polar surface area (TPSA) is 92.8 Å². The number of rotatable bonds is 6. The average Bonchev–Trinajstić information content (AvgIpc) is 2.64. The first-order valence-corrected chi connectivity index (χ1v) is 9.75. The number of benzene rings is 2. The van der Waals surface area contributed by atoms with Crippen LogP contribution in [-0.4, -0.2) is 45.3 Å². The van der Waals surface area contributed by atoms with Gasteiger partial charge in [0.05, 0.1) is 39.8 Å². The van der Waals surface area contributed by atoms with Gasteiger partial charge in [-0.15, -0.1) is 0 Å². The normalized spacial score (nSPS) is 11.3. The minimum Gasteiger partial charge on any atom is -0.465 e. The fraction of sp³-hybridized carbons (Fsp3) is 0.176. The number of halogens is 2. The number of methoxy groups -OCH3 is 1. The summed E-state index contributed by atoms with van der Waals surface area (Å²) in [6.07, 6.45) is 0. The zero-order chi connectivity index (χ0) is 20.2. The third-order valence-electron chi connectivity index (χ3n) is 3.57. The van der Waals surface area contributed by atoms with Crippen LogP contribution in [0.1, 0.15) is 10.4 Å². The maximum absolute atomic E-state index is 12.8. The van der Waals surface area contributed by atoms with Crippen molar-refractivity contribution in [1.29, 1.82) is 0 Å². The van der Waals surface area contributed by atoms with Crippen LogP contribution in [0.3, 0.4) is 0 Å². The number of likely N-dealkylation sites (N-methyl/N-ethyl adjacent to an activating group) is 1. The van der Waals surface area contributed by atoms with E-state index in [0.29, 0.717) is 0 Å². The van der Waals surface area contributed by atoms with E-state index >= 15 is 0 Å². The van der Waals surface area contributed by atoms with Crippen LogP contribution in [0.2, 0.25) is 10.0 Å². The molecule has 27 heavy (non-hydrogen) atoms. The number of amides is 1. The Morgan fingerprint density at radius 3 is 2.26 bits per heavy atom. The zero-order valence-electron chi connectivity index (χ0n) is 14.4. The van der Waals surface area contributed by atoms with Crippen LogP contribution in [-0.2, 0) is 19.6 Å². The molecule has 0 fully saturated rings. The first-order valence-electron chi connectivity index (χ1n) is 7.56. The number of ether oxygens (including phenoxy) is 1. The fourth-order valence-corrected chi connectivity index (χ4v) is 4.02. The lowest BCUT2D eigenvalue weighted by atomic mass is 10.2. The van der Waals surface area contributed by atoms with Crippen LogP contribution in [0.15, 0.2) is 47.4 Å². The van der Waals surface area contributed by atoms with Gasteiger partial charge in [0.15, 0.2) is 0 Å². The van der Waals surface area contributed by atoms with E-state index in [0.717, 1.165) is 11.4 Å². The molecule has 0 heterocycles. The molecule has 7 nitrogen and oxygen atoms in total. The number of carbonyl (C=O) groups excluding carboxylic acids is 2. The van der Waals surface area contributed by atoms with E-state index in [1.807, 2.05) is 0 Å². The Bertz CT molecular complexity index is 959. The van der Waals surface area contributed by atoms with Crippen molar-refractivity contribution in [2.24, 2.45) is 0 Å². The van der Waals surface area contributed by atoms with E-state index < -0.39 is 28.4 Å². The molecule has 0 spiro atoms. The molecule has 0 saturated heterocycles. The molecule has 0 radical (unpaired) electrons. The van der Waals surface area contributed by atoms with Gasteiger partial charge in [-0.1, -0.05) is 41.4 Å². The van der Waals surface area contributed by atoms with Gasteiger partial charge < -0.3 is 10.1 Å². The highest BCUT2D eigenvalue weighted by Gasteiger charge is 2.28. The summed E-state index contributed by atoms with van der Waals surface area (Å²) in [5.74, 6) is -1.44. The Hall–Kier alpha value is -2.13. The van der Waals surface area contributed by atoms with Crippen molar-refractivity contribution in [1.82, 2.24) is 4.31 Å². The van der Waals surface area contributed by atoms with Gasteiger partial charge in [0.1, 0.15) is 0 Å². The maximum atomic E-state index is 12.8. The fourth-order valence-electron chi connectivity index (χ4n) is 2.22. The first kappa shape index (κ1) is 21.2. The Labute approximate surface area is 166 Å². The number of esters is 1. The van der Waals surface area contributed by atoms with Crippen LogP contribution in [0.5, 0.6) is 0 Å². The van der Waals surface area contributed by atoms with E-state index in [1.54, 1.807) is 6.07 Å². The van der Waals surface area contributed by atoms with Gasteiger partial charge in [-0.3, -0.25) is 4.79 Å². The summed E-state index contributed by atoms with van der Waals surface area (Å²) in [4.78, 5) is 23.8. The quantitative estimate of drug-likeness (QED) is 0.710. The summed E-state index contributed by atoms with van der Waals surface area (Å²) >= 11 is 12.0. The molecular formula is C17H16Cl2N2O5S. The number of hydrogen-bond donors (Lipinski definition) is 1. The van der Waals surface area contributed by atoms with Gasteiger partial charge in [-0.05, 0) is 24.3 Å². The standard InChI is InChI=1S/C17H16Cl2N2O5S/c1-21(10-15(22)20-16-12(18)7-5-8-13(16)19)27(24,25)14-9-4-3-6-11(14)17(23)26-2/h3-9H,10H2,1-2H3,(H,20,22). The van der Waals surface area contributed by atoms with Gasteiger partial charge >= 0.3 is 5.97 Å². The van der Waals surface area contributed by atoms with E-state index in [4.69, 9.17) is 23.2 Å². The lowest BCUT2D eigenvalue weighted by Crippen LogP contribution is -2.35. The monoisotopic (exact) mass is 430 g/mol. The number of carbonyl (C=O) groups is 2. The minimum atomic E-state index is -4.13. The smallest absolute Gasteiger partial charge is 0.339 e. The maximum Gasteiger partial charge on any atom is 0.339 e. The molecule has 0 bridgehead atoms. The zero-order valence-corrected chi connectivity index (χ0v) is 16.7. The second-order valence-electron chi connectivity index (χ2n) is 5.39. The molecule has 1 amide bonds. The highest BCUT2D eigenvalue weighted by molar-refractivity contribution is 7.89. The Balaban J connectivity index is 2.23. The SMILES string of the molecule is COC(=O)c1ccccc1S(=O)(=O)N(C)CC(=O)Nc1c(Cl)cccc1Cl. The summed E-state index contributed by atoms with van der Waals surface area (Å²) in [7, 11) is -1.76. The molecule has 0 saturated carbocycles. The number of hydrogen-bond acceptors (Lipinski definition) is 5. The average molecular weight is 431 g/mol. The van der Waals surface area contributed by atoms with E-state index in [-0.39, 0.29) is 26.2 Å². The van der Waals surface area contributed by atoms with Crippen LogP contribution >= 0.6 is 23.2 Å². The predicted octanol–water partition coefficient (Wildman–Crippen LogP) is 3.04. The summed E-state index contributed by atoms with van der Waals surface area (Å²) in [5, 5.41) is 2.92. The van der Waals surface area contributed by atoms with E-state index in [2.05, 4.69) is 10.1 Å². The van der Waals surface area contributed by atoms with Crippen molar-refractivity contribution in [2.45, 2.75) is 4.90 Å². The number of para-hydroxylation sites is 1. The highest BCUT2D eigenvalue weighted by Crippen LogP contribution is 2.29. The minimum absolute atomic E-state index is 0.124. The number of anilines is 1. The molecule has 2 aromatic rings. The molecule has 0 aliphatic rings. The first-order chi connectivity index (χ1) is 12.7. The van der Waals surface area contributed by atoms with Crippen molar-refractivity contribution in [3.63, 3.8) is 0 Å².